The van der Waals surface area contributed by atoms with Gasteiger partial charge in [0.1, 0.15) is 0 Å². The topological polar surface area (TPSA) is 0 Å². The monoisotopic (exact) mass is 210 g/mol. The van der Waals surface area contributed by atoms with Crippen molar-refractivity contribution >= 4 is 28.9 Å². The fourth-order valence-corrected chi connectivity index (χ4v) is 6.66. The van der Waals surface area contributed by atoms with Crippen molar-refractivity contribution in [3.8, 4) is 0 Å². The Morgan fingerprint density at radius 1 is 1.27 bits per heavy atom. The Hall–Kier alpha value is 0.797. The van der Waals surface area contributed by atoms with Crippen LogP contribution < -0.4 is 0 Å². The molecule has 0 radical (unpaired) electrons. The van der Waals surface area contributed by atoms with Gasteiger partial charge in [-0.05, 0) is 11.6 Å². The third-order valence-corrected chi connectivity index (χ3v) is 8.46. The van der Waals surface area contributed by atoms with E-state index >= 15 is 0 Å². The van der Waals surface area contributed by atoms with Gasteiger partial charge in [-0.1, -0.05) is 39.0 Å². The molecule has 1 aliphatic rings. The molecule has 1 fully saturated rings. The normalized spacial score (nSPS) is 21.0. The molecule has 1 saturated carbocycles. The zero-order valence-electron chi connectivity index (χ0n) is 7.08. The molecule has 0 saturated heterocycles. The molecule has 0 aromatic rings. The lowest BCUT2D eigenvalue weighted by atomic mass is 10.4. The molecule has 0 nitrogen and oxygen atoms in total. The molecule has 66 valence electrons. The SMILES string of the molecule is CCC[Si](Cl)(Cl)C1CCCC1. The summed E-state index contributed by atoms with van der Waals surface area (Å²) < 4.78 is 0. The number of hydrogen-bond donors (Lipinski definition) is 0. The summed E-state index contributed by atoms with van der Waals surface area (Å²) in [5.74, 6) is 0. The van der Waals surface area contributed by atoms with Crippen molar-refractivity contribution < 1.29 is 0 Å². The van der Waals surface area contributed by atoms with E-state index in [-0.39, 0.29) is 0 Å². The van der Waals surface area contributed by atoms with E-state index in [1.165, 1.54) is 25.7 Å². The number of halogens is 2. The van der Waals surface area contributed by atoms with E-state index in [1.807, 2.05) is 0 Å². The maximum absolute atomic E-state index is 6.35. The van der Waals surface area contributed by atoms with Crippen LogP contribution in [0, 0.1) is 0 Å². The van der Waals surface area contributed by atoms with Gasteiger partial charge in [0.05, 0.1) is 0 Å². The molecule has 0 atom stereocenters. The molecule has 3 heteroatoms. The molecular weight excluding hydrogens is 195 g/mol. The quantitative estimate of drug-likeness (QED) is 0.483. The second kappa shape index (κ2) is 4.15. The van der Waals surface area contributed by atoms with Gasteiger partial charge in [0.25, 0.3) is 6.69 Å². The fraction of sp³-hybridized carbons (Fsp3) is 1.00. The summed E-state index contributed by atoms with van der Waals surface area (Å²) >= 11 is 12.7. The molecular formula is C8H16Cl2Si. The average Bonchev–Trinajstić information content (AvgIpc) is 2.37. The van der Waals surface area contributed by atoms with Crippen molar-refractivity contribution in [1.82, 2.24) is 0 Å². The molecule has 0 heterocycles. The van der Waals surface area contributed by atoms with E-state index in [9.17, 15) is 0 Å². The summed E-state index contributed by atoms with van der Waals surface area (Å²) in [5, 5.41) is 0. The van der Waals surface area contributed by atoms with Gasteiger partial charge >= 0.3 is 0 Å². The molecule has 0 aromatic carbocycles. The Labute approximate surface area is 79.7 Å². The third kappa shape index (κ3) is 2.64. The minimum absolute atomic E-state index is 0.700. The predicted molar refractivity (Wildman–Crippen MR) is 54.8 cm³/mol. The van der Waals surface area contributed by atoms with E-state index in [4.69, 9.17) is 22.2 Å². The summed E-state index contributed by atoms with van der Waals surface area (Å²) in [6.07, 6.45) is 6.43. The zero-order chi connectivity index (χ0) is 8.32. The number of hydrogen-bond acceptors (Lipinski definition) is 0. The summed E-state index contributed by atoms with van der Waals surface area (Å²) in [7, 11) is 0. The first-order chi connectivity index (χ1) is 5.17. The Balaban J connectivity index is 2.41. The first-order valence-electron chi connectivity index (χ1n) is 4.54. The van der Waals surface area contributed by atoms with Crippen molar-refractivity contribution in [3.63, 3.8) is 0 Å². The van der Waals surface area contributed by atoms with Crippen LogP contribution in [0.2, 0.25) is 11.6 Å². The maximum Gasteiger partial charge on any atom is 0.254 e. The van der Waals surface area contributed by atoms with Gasteiger partial charge in [-0.3, -0.25) is 0 Å². The summed E-state index contributed by atoms with van der Waals surface area (Å²) in [6, 6.07) is 1.08. The Morgan fingerprint density at radius 3 is 2.27 bits per heavy atom. The van der Waals surface area contributed by atoms with E-state index in [2.05, 4.69) is 6.92 Å². The Bertz CT molecular complexity index is 119. The van der Waals surface area contributed by atoms with Crippen molar-refractivity contribution in [2.24, 2.45) is 0 Å². The van der Waals surface area contributed by atoms with Crippen molar-refractivity contribution in [1.29, 1.82) is 0 Å². The van der Waals surface area contributed by atoms with E-state index in [0.29, 0.717) is 5.54 Å². The maximum atomic E-state index is 6.35. The minimum atomic E-state index is -1.83. The highest BCUT2D eigenvalue weighted by Gasteiger charge is 2.38. The minimum Gasteiger partial charge on any atom is -0.146 e. The average molecular weight is 211 g/mol. The second-order valence-corrected chi connectivity index (χ2v) is 11.0. The van der Waals surface area contributed by atoms with Gasteiger partial charge in [0.2, 0.25) is 0 Å². The summed E-state index contributed by atoms with van der Waals surface area (Å²) in [5.41, 5.74) is 0.700. The molecule has 0 aliphatic heterocycles. The molecule has 11 heavy (non-hydrogen) atoms. The standard InChI is InChI=1S/C8H16Cl2Si/c1-2-7-11(9,10)8-5-3-4-6-8/h8H,2-7H2,1H3. The fourth-order valence-electron chi connectivity index (χ4n) is 1.89. The molecule has 1 aliphatic carbocycles. The summed E-state index contributed by atoms with van der Waals surface area (Å²) in [6.45, 7) is 0.342. The highest BCUT2D eigenvalue weighted by molar-refractivity contribution is 7.46. The Morgan fingerprint density at radius 2 is 1.82 bits per heavy atom. The number of rotatable bonds is 3. The van der Waals surface area contributed by atoms with Gasteiger partial charge in [-0.15, -0.1) is 22.2 Å². The molecule has 0 amide bonds. The van der Waals surface area contributed by atoms with E-state index in [1.54, 1.807) is 0 Å². The molecule has 0 unspecified atom stereocenters. The van der Waals surface area contributed by atoms with E-state index < -0.39 is 6.69 Å². The zero-order valence-corrected chi connectivity index (χ0v) is 9.59. The van der Waals surface area contributed by atoms with Gasteiger partial charge in [-0.2, -0.15) is 0 Å². The first kappa shape index (κ1) is 9.88. The lowest BCUT2D eigenvalue weighted by Crippen LogP contribution is -2.24. The van der Waals surface area contributed by atoms with Crippen LogP contribution in [-0.4, -0.2) is 6.69 Å². The van der Waals surface area contributed by atoms with Gasteiger partial charge in [0, 0.05) is 0 Å². The van der Waals surface area contributed by atoms with Crippen LogP contribution in [0.15, 0.2) is 0 Å². The van der Waals surface area contributed by atoms with Crippen molar-refractivity contribution in [2.45, 2.75) is 50.6 Å². The third-order valence-electron chi connectivity index (χ3n) is 2.54. The van der Waals surface area contributed by atoms with Gasteiger partial charge in [-0.25, -0.2) is 0 Å². The molecule has 0 bridgehead atoms. The molecule has 0 N–H and O–H groups in total. The summed E-state index contributed by atoms with van der Waals surface area (Å²) in [4.78, 5) is 0. The molecule has 1 rings (SSSR count). The van der Waals surface area contributed by atoms with Crippen LogP contribution in [0.3, 0.4) is 0 Å². The second-order valence-electron chi connectivity index (χ2n) is 3.49. The van der Waals surface area contributed by atoms with Crippen LogP contribution in [-0.2, 0) is 0 Å². The largest absolute Gasteiger partial charge is 0.254 e. The van der Waals surface area contributed by atoms with Crippen LogP contribution in [0.5, 0.6) is 0 Å². The highest BCUT2D eigenvalue weighted by Crippen LogP contribution is 2.45. The highest BCUT2D eigenvalue weighted by atomic mass is 35.7. The smallest absolute Gasteiger partial charge is 0.146 e. The lowest BCUT2D eigenvalue weighted by molar-refractivity contribution is 0.843. The van der Waals surface area contributed by atoms with Gasteiger partial charge < -0.3 is 0 Å². The first-order valence-corrected chi connectivity index (χ1v) is 8.85. The predicted octanol–water partition coefficient (Wildman–Crippen LogP) is 4.26. The van der Waals surface area contributed by atoms with Crippen LogP contribution >= 0.6 is 22.2 Å². The van der Waals surface area contributed by atoms with Crippen molar-refractivity contribution in [3.05, 3.63) is 0 Å². The van der Waals surface area contributed by atoms with Crippen LogP contribution in [0.25, 0.3) is 0 Å². The van der Waals surface area contributed by atoms with Crippen LogP contribution in [0.4, 0.5) is 0 Å². The Kier molecular flexibility index (Phi) is 3.73. The molecule has 0 spiro atoms. The van der Waals surface area contributed by atoms with Gasteiger partial charge in [0.15, 0.2) is 0 Å². The molecule has 0 aromatic heterocycles. The lowest BCUT2D eigenvalue weighted by Gasteiger charge is -2.22. The van der Waals surface area contributed by atoms with E-state index in [0.717, 1.165) is 12.5 Å². The van der Waals surface area contributed by atoms with Crippen molar-refractivity contribution in [2.75, 3.05) is 0 Å². The van der Waals surface area contributed by atoms with Crippen LogP contribution in [0.1, 0.15) is 39.0 Å².